The average molecular weight is 253 g/mol. The van der Waals surface area contributed by atoms with Crippen molar-refractivity contribution in [1.29, 1.82) is 0 Å². The Labute approximate surface area is 114 Å². The third-order valence-corrected chi connectivity index (χ3v) is 6.00. The van der Waals surface area contributed by atoms with Gasteiger partial charge in [-0.05, 0) is 38.1 Å². The van der Waals surface area contributed by atoms with E-state index in [1.54, 1.807) is 11.1 Å². The number of likely N-dealkylation sites (tertiary alicyclic amines) is 1. The van der Waals surface area contributed by atoms with E-state index in [2.05, 4.69) is 42.3 Å². The zero-order valence-electron chi connectivity index (χ0n) is 11.3. The highest BCUT2D eigenvalue weighted by atomic mass is 16.5. The number of benzene rings is 1. The fourth-order valence-corrected chi connectivity index (χ4v) is 5.19. The minimum Gasteiger partial charge on any atom is -0.489 e. The van der Waals surface area contributed by atoms with Gasteiger partial charge in [-0.15, -0.1) is 0 Å². The molecule has 1 spiro atoms. The fraction of sp³-hybridized carbons (Fsp3) is 0.529. The molecule has 98 valence electrons. The highest BCUT2D eigenvalue weighted by Gasteiger charge is 2.61. The Kier molecular flexibility index (Phi) is 1.79. The maximum Gasteiger partial charge on any atom is 0.123 e. The van der Waals surface area contributed by atoms with Crippen LogP contribution in [0.5, 0.6) is 5.75 Å². The van der Waals surface area contributed by atoms with Gasteiger partial charge in [0.15, 0.2) is 0 Å². The number of hydrogen-bond donors (Lipinski definition) is 0. The van der Waals surface area contributed by atoms with Crippen molar-refractivity contribution in [3.8, 4) is 5.75 Å². The van der Waals surface area contributed by atoms with Gasteiger partial charge in [-0.25, -0.2) is 0 Å². The van der Waals surface area contributed by atoms with E-state index in [1.165, 1.54) is 25.1 Å². The molecule has 2 heteroatoms. The molecule has 2 aliphatic carbocycles. The summed E-state index contributed by atoms with van der Waals surface area (Å²) in [6.07, 6.45) is 8.76. The van der Waals surface area contributed by atoms with Crippen LogP contribution in [0.2, 0.25) is 0 Å². The highest BCUT2D eigenvalue weighted by Crippen LogP contribution is 2.60. The molecule has 1 saturated heterocycles. The molecule has 0 N–H and O–H groups in total. The first-order chi connectivity index (χ1) is 9.30. The van der Waals surface area contributed by atoms with Crippen LogP contribution in [0.1, 0.15) is 24.0 Å². The van der Waals surface area contributed by atoms with Crippen LogP contribution >= 0.6 is 0 Å². The molecule has 2 bridgehead atoms. The topological polar surface area (TPSA) is 12.5 Å². The van der Waals surface area contributed by atoms with Gasteiger partial charge >= 0.3 is 0 Å². The van der Waals surface area contributed by atoms with Crippen LogP contribution in [0.3, 0.4) is 0 Å². The van der Waals surface area contributed by atoms with Crippen LogP contribution in [0.15, 0.2) is 30.4 Å². The second kappa shape index (κ2) is 3.24. The number of nitrogens with zero attached hydrogens (tertiary/aromatic N) is 1. The van der Waals surface area contributed by atoms with Crippen LogP contribution in [-0.2, 0) is 11.8 Å². The third-order valence-electron chi connectivity index (χ3n) is 6.00. The zero-order valence-corrected chi connectivity index (χ0v) is 11.3. The molecule has 0 amide bonds. The first-order valence-corrected chi connectivity index (χ1v) is 7.46. The van der Waals surface area contributed by atoms with Gasteiger partial charge in [0.05, 0.1) is 0 Å². The summed E-state index contributed by atoms with van der Waals surface area (Å²) >= 11 is 0. The molecule has 4 atom stereocenters. The predicted molar refractivity (Wildman–Crippen MR) is 74.5 cm³/mol. The van der Waals surface area contributed by atoms with Gasteiger partial charge in [-0.1, -0.05) is 24.3 Å². The lowest BCUT2D eigenvalue weighted by molar-refractivity contribution is 0.00221. The first kappa shape index (κ1) is 10.5. The molecule has 2 aliphatic heterocycles. The van der Waals surface area contributed by atoms with Gasteiger partial charge < -0.3 is 9.64 Å². The first-order valence-electron chi connectivity index (χ1n) is 7.46. The Bertz CT molecular complexity index is 593. The van der Waals surface area contributed by atoms with E-state index in [1.807, 2.05) is 0 Å². The zero-order chi connectivity index (χ0) is 12.6. The minimum atomic E-state index is 0.288. The molecule has 4 aliphatic rings. The van der Waals surface area contributed by atoms with E-state index in [0.717, 1.165) is 6.42 Å². The molecule has 0 saturated carbocycles. The van der Waals surface area contributed by atoms with Gasteiger partial charge in [0.2, 0.25) is 0 Å². The molecule has 5 rings (SSSR count). The highest BCUT2D eigenvalue weighted by molar-refractivity contribution is 5.55. The second-order valence-corrected chi connectivity index (χ2v) is 6.63. The van der Waals surface area contributed by atoms with E-state index < -0.39 is 0 Å². The fourth-order valence-electron chi connectivity index (χ4n) is 5.19. The quantitative estimate of drug-likeness (QED) is 0.659. The molecule has 3 unspecified atom stereocenters. The van der Waals surface area contributed by atoms with Gasteiger partial charge in [-0.3, -0.25) is 0 Å². The Hall–Kier alpha value is -1.28. The second-order valence-electron chi connectivity index (χ2n) is 6.63. The molecule has 1 aromatic rings. The summed E-state index contributed by atoms with van der Waals surface area (Å²) in [7, 11) is 2.29. The van der Waals surface area contributed by atoms with Crippen LogP contribution in [0.4, 0.5) is 0 Å². The van der Waals surface area contributed by atoms with E-state index in [-0.39, 0.29) is 5.41 Å². The molecular weight excluding hydrogens is 234 g/mol. The van der Waals surface area contributed by atoms with E-state index in [4.69, 9.17) is 4.74 Å². The molecule has 19 heavy (non-hydrogen) atoms. The monoisotopic (exact) mass is 253 g/mol. The third kappa shape index (κ3) is 1.05. The number of likely N-dealkylation sites (N-methyl/N-ethyl adjacent to an activating group) is 1. The lowest BCUT2D eigenvalue weighted by Crippen LogP contribution is -2.62. The lowest BCUT2D eigenvalue weighted by Gasteiger charge is -2.55. The van der Waals surface area contributed by atoms with Crippen LogP contribution in [-0.4, -0.2) is 30.6 Å². The molecule has 1 aromatic carbocycles. The van der Waals surface area contributed by atoms with Crippen molar-refractivity contribution in [2.45, 2.75) is 36.8 Å². The molecule has 1 fully saturated rings. The lowest BCUT2D eigenvalue weighted by atomic mass is 9.54. The summed E-state index contributed by atoms with van der Waals surface area (Å²) in [5.41, 5.74) is 3.40. The molecule has 0 radical (unpaired) electrons. The molecular formula is C17H19NO. The largest absolute Gasteiger partial charge is 0.489 e. The summed E-state index contributed by atoms with van der Waals surface area (Å²) in [6, 6.07) is 7.34. The maximum atomic E-state index is 6.34. The Morgan fingerprint density at radius 2 is 2.32 bits per heavy atom. The van der Waals surface area contributed by atoms with Crippen molar-refractivity contribution >= 4 is 0 Å². The van der Waals surface area contributed by atoms with Gasteiger partial charge in [-0.2, -0.15) is 0 Å². The van der Waals surface area contributed by atoms with E-state index in [9.17, 15) is 0 Å². The van der Waals surface area contributed by atoms with E-state index >= 15 is 0 Å². The average Bonchev–Trinajstić information content (AvgIpc) is 2.76. The number of rotatable bonds is 0. The normalized spacial score (nSPS) is 41.8. The van der Waals surface area contributed by atoms with Crippen molar-refractivity contribution in [3.05, 3.63) is 41.5 Å². The van der Waals surface area contributed by atoms with Crippen molar-refractivity contribution in [2.24, 2.45) is 5.92 Å². The van der Waals surface area contributed by atoms with Crippen LogP contribution in [0, 0.1) is 5.92 Å². The number of piperidine rings is 1. The van der Waals surface area contributed by atoms with E-state index in [0.29, 0.717) is 18.1 Å². The standard InChI is InChI=1S/C17H19NO/c1-18-9-8-17-12-5-3-7-15(17)19-14-6-2-4-11(16(14)17)10-13(12)18/h2-6,12-13,15H,7-10H2,1H3/t12?,13?,15?,17-/m1/s1. The van der Waals surface area contributed by atoms with Gasteiger partial charge in [0, 0.05) is 29.4 Å². The molecule has 0 aromatic heterocycles. The number of ether oxygens (including phenoxy) is 1. The summed E-state index contributed by atoms with van der Waals surface area (Å²) in [5.74, 6) is 1.83. The summed E-state index contributed by atoms with van der Waals surface area (Å²) in [4.78, 5) is 2.57. The summed E-state index contributed by atoms with van der Waals surface area (Å²) in [5, 5.41) is 0. The molecule has 2 nitrogen and oxygen atoms in total. The Morgan fingerprint density at radius 3 is 3.26 bits per heavy atom. The van der Waals surface area contributed by atoms with Crippen LogP contribution < -0.4 is 4.74 Å². The van der Waals surface area contributed by atoms with Gasteiger partial charge in [0.1, 0.15) is 11.9 Å². The Balaban J connectivity index is 1.84. The predicted octanol–water partition coefficient (Wildman–Crippen LogP) is 2.52. The summed E-state index contributed by atoms with van der Waals surface area (Å²) < 4.78 is 6.34. The smallest absolute Gasteiger partial charge is 0.123 e. The molecule has 2 heterocycles. The maximum absolute atomic E-state index is 6.34. The minimum absolute atomic E-state index is 0.288. The van der Waals surface area contributed by atoms with Crippen molar-refractivity contribution in [1.82, 2.24) is 4.90 Å². The van der Waals surface area contributed by atoms with Gasteiger partial charge in [0.25, 0.3) is 0 Å². The SMILES string of the molecule is CN1CC[C@]23c4c5cccc4OC2CC=CC3C1C5. The van der Waals surface area contributed by atoms with Crippen molar-refractivity contribution < 1.29 is 4.74 Å². The van der Waals surface area contributed by atoms with Crippen molar-refractivity contribution in [2.75, 3.05) is 13.6 Å². The number of hydrogen-bond acceptors (Lipinski definition) is 2. The van der Waals surface area contributed by atoms with Crippen LogP contribution in [0.25, 0.3) is 0 Å². The summed E-state index contributed by atoms with van der Waals surface area (Å²) in [6.45, 7) is 1.21. The Morgan fingerprint density at radius 1 is 1.37 bits per heavy atom. The van der Waals surface area contributed by atoms with Crippen molar-refractivity contribution in [3.63, 3.8) is 0 Å².